The van der Waals surface area contributed by atoms with Crippen LogP contribution >= 0.6 is 0 Å². The first-order valence-corrected chi connectivity index (χ1v) is 9.31. The predicted octanol–water partition coefficient (Wildman–Crippen LogP) is 4.69. The number of likely N-dealkylation sites (tertiary alicyclic amines) is 1. The molecule has 0 aliphatic carbocycles. The van der Waals surface area contributed by atoms with Gasteiger partial charge in [0.1, 0.15) is 0 Å². The van der Waals surface area contributed by atoms with Crippen molar-refractivity contribution in [2.24, 2.45) is 11.3 Å². The lowest BCUT2D eigenvalue weighted by atomic mass is 9.80. The van der Waals surface area contributed by atoms with Crippen molar-refractivity contribution in [3.05, 3.63) is 0 Å². The van der Waals surface area contributed by atoms with Crippen molar-refractivity contribution in [2.75, 3.05) is 26.2 Å². The number of piperidine rings is 1. The van der Waals surface area contributed by atoms with Gasteiger partial charge in [-0.1, -0.05) is 33.6 Å². The molecule has 1 aliphatic heterocycles. The Balaban J connectivity index is 2.50. The van der Waals surface area contributed by atoms with Gasteiger partial charge >= 0.3 is 0 Å². The lowest BCUT2D eigenvalue weighted by molar-refractivity contribution is 0.0933. The summed E-state index contributed by atoms with van der Waals surface area (Å²) in [5.41, 5.74) is 0.675. The van der Waals surface area contributed by atoms with E-state index >= 15 is 0 Å². The van der Waals surface area contributed by atoms with Crippen LogP contribution in [0.5, 0.6) is 0 Å². The molecule has 2 heteroatoms. The number of nitrogens with zero attached hydrogens (tertiary/aromatic N) is 1. The quantitative estimate of drug-likeness (QED) is 0.699. The number of nitrogens with one attached hydrogen (secondary N) is 1. The Kier molecular flexibility index (Phi) is 7.70. The van der Waals surface area contributed by atoms with E-state index in [9.17, 15) is 0 Å². The molecule has 0 bridgehead atoms. The van der Waals surface area contributed by atoms with Gasteiger partial charge in [0.05, 0.1) is 0 Å². The van der Waals surface area contributed by atoms with Crippen molar-refractivity contribution in [3.8, 4) is 0 Å². The van der Waals surface area contributed by atoms with Gasteiger partial charge in [0.15, 0.2) is 0 Å². The second kappa shape index (κ2) is 8.53. The van der Waals surface area contributed by atoms with Gasteiger partial charge in [-0.05, 0) is 70.9 Å². The van der Waals surface area contributed by atoms with Crippen LogP contribution in [0, 0.1) is 11.3 Å². The summed E-state index contributed by atoms with van der Waals surface area (Å²) < 4.78 is 0. The molecular formula is C19H40N2. The van der Waals surface area contributed by atoms with Crippen LogP contribution in [-0.2, 0) is 0 Å². The van der Waals surface area contributed by atoms with Crippen LogP contribution in [0.1, 0.15) is 80.1 Å². The molecule has 126 valence electrons. The molecule has 0 saturated carbocycles. The Bertz CT molecular complexity index is 268. The van der Waals surface area contributed by atoms with Crippen LogP contribution < -0.4 is 5.32 Å². The normalized spacial score (nSPS) is 19.1. The van der Waals surface area contributed by atoms with Crippen LogP contribution in [0.4, 0.5) is 0 Å². The summed E-state index contributed by atoms with van der Waals surface area (Å²) in [6.07, 6.45) is 8.19. The minimum atomic E-state index is 0.226. The van der Waals surface area contributed by atoms with E-state index in [0.717, 1.165) is 12.5 Å². The molecule has 0 unspecified atom stereocenters. The fourth-order valence-corrected chi connectivity index (χ4v) is 3.55. The van der Waals surface area contributed by atoms with E-state index in [1.165, 1.54) is 58.2 Å². The van der Waals surface area contributed by atoms with E-state index in [1.807, 2.05) is 0 Å². The van der Waals surface area contributed by atoms with Crippen molar-refractivity contribution in [1.29, 1.82) is 0 Å². The minimum absolute atomic E-state index is 0.226. The van der Waals surface area contributed by atoms with Gasteiger partial charge in [0, 0.05) is 18.6 Å². The maximum absolute atomic E-state index is 3.76. The first kappa shape index (κ1) is 19.0. The molecule has 1 aliphatic rings. The van der Waals surface area contributed by atoms with Gasteiger partial charge in [-0.2, -0.15) is 0 Å². The average Bonchev–Trinajstić information content (AvgIpc) is 2.45. The number of rotatable bonds is 8. The topological polar surface area (TPSA) is 15.3 Å². The molecule has 21 heavy (non-hydrogen) atoms. The Morgan fingerprint density at radius 1 is 1.00 bits per heavy atom. The largest absolute Gasteiger partial charge is 0.311 e. The Hall–Kier alpha value is -0.0800. The average molecular weight is 297 g/mol. The van der Waals surface area contributed by atoms with Crippen molar-refractivity contribution in [1.82, 2.24) is 10.2 Å². The zero-order chi connectivity index (χ0) is 15.9. The van der Waals surface area contributed by atoms with Gasteiger partial charge < -0.3 is 10.2 Å². The molecule has 1 saturated heterocycles. The highest BCUT2D eigenvalue weighted by molar-refractivity contribution is 4.87. The first-order valence-electron chi connectivity index (χ1n) is 9.31. The van der Waals surface area contributed by atoms with E-state index in [2.05, 4.69) is 51.8 Å². The van der Waals surface area contributed by atoms with Crippen LogP contribution in [0.3, 0.4) is 0 Å². The molecular weight excluding hydrogens is 256 g/mol. The summed E-state index contributed by atoms with van der Waals surface area (Å²) in [6.45, 7) is 19.0. The second-order valence-corrected chi connectivity index (χ2v) is 8.32. The van der Waals surface area contributed by atoms with Gasteiger partial charge in [-0.25, -0.2) is 0 Å². The third-order valence-corrected chi connectivity index (χ3v) is 5.46. The van der Waals surface area contributed by atoms with Crippen LogP contribution in [0.15, 0.2) is 0 Å². The molecule has 0 aromatic carbocycles. The molecule has 0 aromatic rings. The van der Waals surface area contributed by atoms with E-state index in [0.29, 0.717) is 5.41 Å². The molecule has 0 radical (unpaired) electrons. The van der Waals surface area contributed by atoms with Crippen molar-refractivity contribution in [3.63, 3.8) is 0 Å². The predicted molar refractivity (Wildman–Crippen MR) is 94.8 cm³/mol. The second-order valence-electron chi connectivity index (χ2n) is 8.32. The highest BCUT2D eigenvalue weighted by Crippen LogP contribution is 2.30. The van der Waals surface area contributed by atoms with Crippen LogP contribution in [0.2, 0.25) is 0 Å². The summed E-state index contributed by atoms with van der Waals surface area (Å²) in [4.78, 5) is 2.74. The Morgan fingerprint density at radius 3 is 2.00 bits per heavy atom. The third kappa shape index (κ3) is 6.69. The maximum atomic E-state index is 3.76. The highest BCUT2D eigenvalue weighted by atomic mass is 15.1. The van der Waals surface area contributed by atoms with Crippen molar-refractivity contribution in [2.45, 2.75) is 85.6 Å². The number of hydrogen-bond acceptors (Lipinski definition) is 2. The molecule has 0 aromatic heterocycles. The SMILES string of the molecule is CCCC1CCN(CC(CC)(CC)CNC(C)(C)C)CC1. The van der Waals surface area contributed by atoms with Crippen LogP contribution in [0.25, 0.3) is 0 Å². The van der Waals surface area contributed by atoms with E-state index in [4.69, 9.17) is 0 Å². The zero-order valence-corrected chi connectivity index (χ0v) is 15.6. The summed E-state index contributed by atoms with van der Waals surface area (Å²) in [7, 11) is 0. The summed E-state index contributed by atoms with van der Waals surface area (Å²) >= 11 is 0. The van der Waals surface area contributed by atoms with Gasteiger partial charge in [0.2, 0.25) is 0 Å². The maximum Gasteiger partial charge on any atom is 0.00967 e. The molecule has 2 nitrogen and oxygen atoms in total. The standard InChI is InChI=1S/C19H40N2/c1-7-10-17-11-13-21(14-12-17)16-19(8-2,9-3)15-20-18(4,5)6/h17,20H,7-16H2,1-6H3. The van der Waals surface area contributed by atoms with Crippen LogP contribution in [-0.4, -0.2) is 36.6 Å². The van der Waals surface area contributed by atoms with E-state index in [-0.39, 0.29) is 5.54 Å². The van der Waals surface area contributed by atoms with Crippen molar-refractivity contribution >= 4 is 0 Å². The smallest absolute Gasteiger partial charge is 0.00967 e. The minimum Gasteiger partial charge on any atom is -0.311 e. The van der Waals surface area contributed by atoms with E-state index < -0.39 is 0 Å². The molecule has 0 spiro atoms. The van der Waals surface area contributed by atoms with Gasteiger partial charge in [0.25, 0.3) is 0 Å². The third-order valence-electron chi connectivity index (χ3n) is 5.46. The fourth-order valence-electron chi connectivity index (χ4n) is 3.55. The van der Waals surface area contributed by atoms with Crippen molar-refractivity contribution < 1.29 is 0 Å². The zero-order valence-electron chi connectivity index (χ0n) is 15.6. The lowest BCUT2D eigenvalue weighted by Gasteiger charge is -2.42. The molecule has 1 fully saturated rings. The van der Waals surface area contributed by atoms with Gasteiger partial charge in [-0.3, -0.25) is 0 Å². The Morgan fingerprint density at radius 2 is 1.57 bits per heavy atom. The monoisotopic (exact) mass is 296 g/mol. The first-order chi connectivity index (χ1) is 9.84. The summed E-state index contributed by atoms with van der Waals surface area (Å²) in [5.74, 6) is 0.997. The lowest BCUT2D eigenvalue weighted by Crippen LogP contribution is -2.49. The van der Waals surface area contributed by atoms with Gasteiger partial charge in [-0.15, -0.1) is 0 Å². The number of hydrogen-bond donors (Lipinski definition) is 1. The molecule has 1 N–H and O–H groups in total. The fraction of sp³-hybridized carbons (Fsp3) is 1.00. The summed E-state index contributed by atoms with van der Waals surface area (Å²) in [6, 6.07) is 0. The Labute approximate surface area is 134 Å². The van der Waals surface area contributed by atoms with E-state index in [1.54, 1.807) is 0 Å². The molecule has 0 atom stereocenters. The molecule has 1 rings (SSSR count). The molecule has 0 amide bonds. The molecule has 1 heterocycles. The summed E-state index contributed by atoms with van der Waals surface area (Å²) in [5, 5.41) is 3.76. The highest BCUT2D eigenvalue weighted by Gasteiger charge is 2.31.